The number of esters is 1. The van der Waals surface area contributed by atoms with Crippen LogP contribution in [0.15, 0.2) is 29.7 Å². The van der Waals surface area contributed by atoms with Gasteiger partial charge in [0.2, 0.25) is 0 Å². The van der Waals surface area contributed by atoms with E-state index in [9.17, 15) is 4.79 Å². The summed E-state index contributed by atoms with van der Waals surface area (Å²) in [4.78, 5) is 24.4. The lowest BCUT2D eigenvalue weighted by Gasteiger charge is -2.39. The Bertz CT molecular complexity index is 802. The lowest BCUT2D eigenvalue weighted by Crippen LogP contribution is -2.55. The van der Waals surface area contributed by atoms with Crippen molar-refractivity contribution in [2.24, 2.45) is 4.99 Å². The Morgan fingerprint density at radius 2 is 2.25 bits per heavy atom. The molecule has 2 N–H and O–H groups in total. The molecule has 0 bridgehead atoms. The summed E-state index contributed by atoms with van der Waals surface area (Å²) in [7, 11) is 0. The lowest BCUT2D eigenvalue weighted by molar-refractivity contribution is -0.163. The van der Waals surface area contributed by atoms with Crippen LogP contribution in [0.3, 0.4) is 0 Å². The number of carbonyl (C=O) groups excluding carboxylic acids is 1. The van der Waals surface area contributed by atoms with Crippen molar-refractivity contribution >= 4 is 12.2 Å². The number of pyridine rings is 1. The summed E-state index contributed by atoms with van der Waals surface area (Å²) in [6.45, 7) is 8.48. The van der Waals surface area contributed by atoms with Crippen LogP contribution in [0.4, 0.5) is 0 Å². The standard InChI is InChI=1S/C20H27N5O3/c1-20(2,3)28-19(26)18-16-15(27-12-13-10-22-8-9-25(13)18)4-5-24-17(16)14-11-21-6-7-23-14/h4-7,11,13-14,18,22-23H,8-10,12H2,1-3H3. The number of nitrogens with zero attached hydrogens (tertiary/aromatic N) is 3. The van der Waals surface area contributed by atoms with E-state index < -0.39 is 11.6 Å². The third-order valence-corrected chi connectivity index (χ3v) is 5.01. The highest BCUT2D eigenvalue weighted by Gasteiger charge is 2.43. The highest BCUT2D eigenvalue weighted by Crippen LogP contribution is 2.39. The molecule has 1 aromatic heterocycles. The van der Waals surface area contributed by atoms with Gasteiger partial charge in [-0.15, -0.1) is 0 Å². The van der Waals surface area contributed by atoms with Crippen LogP contribution >= 0.6 is 0 Å². The van der Waals surface area contributed by atoms with E-state index in [0.717, 1.165) is 30.9 Å². The van der Waals surface area contributed by atoms with Crippen LogP contribution in [0.5, 0.6) is 5.75 Å². The SMILES string of the molecule is CC(C)(C)OC(=O)C1c2c(ccnc2C2C=NC=CN2)OCC2CNCCN21. The summed E-state index contributed by atoms with van der Waals surface area (Å²) in [5.41, 5.74) is 0.921. The second kappa shape index (κ2) is 7.52. The number of nitrogens with one attached hydrogen (secondary N) is 2. The van der Waals surface area contributed by atoms with E-state index in [4.69, 9.17) is 9.47 Å². The number of piperazine rings is 1. The number of aromatic nitrogens is 1. The fraction of sp³-hybridized carbons (Fsp3) is 0.550. The third-order valence-electron chi connectivity index (χ3n) is 5.01. The molecule has 8 nitrogen and oxygen atoms in total. The molecule has 3 unspecified atom stereocenters. The van der Waals surface area contributed by atoms with Gasteiger partial charge in [0.1, 0.15) is 30.0 Å². The summed E-state index contributed by atoms with van der Waals surface area (Å²) < 4.78 is 12.0. The fourth-order valence-electron chi connectivity index (χ4n) is 3.87. The normalized spacial score (nSPS) is 27.0. The molecule has 8 heteroatoms. The van der Waals surface area contributed by atoms with Crippen LogP contribution in [-0.2, 0) is 9.53 Å². The maximum Gasteiger partial charge on any atom is 0.328 e. The second-order valence-corrected chi connectivity index (χ2v) is 8.21. The first-order valence-electron chi connectivity index (χ1n) is 9.69. The van der Waals surface area contributed by atoms with Crippen molar-refractivity contribution in [2.75, 3.05) is 26.2 Å². The Kier molecular flexibility index (Phi) is 5.07. The van der Waals surface area contributed by atoms with Crippen LogP contribution in [0, 0.1) is 0 Å². The molecule has 4 rings (SSSR count). The van der Waals surface area contributed by atoms with Crippen molar-refractivity contribution < 1.29 is 14.3 Å². The first-order chi connectivity index (χ1) is 13.4. The number of hydrogen-bond donors (Lipinski definition) is 2. The molecule has 0 amide bonds. The summed E-state index contributed by atoms with van der Waals surface area (Å²) >= 11 is 0. The molecular formula is C20H27N5O3. The van der Waals surface area contributed by atoms with E-state index >= 15 is 0 Å². The topological polar surface area (TPSA) is 88.1 Å². The predicted molar refractivity (Wildman–Crippen MR) is 105 cm³/mol. The minimum atomic E-state index is -0.580. The Labute approximate surface area is 165 Å². The van der Waals surface area contributed by atoms with E-state index in [0.29, 0.717) is 12.4 Å². The monoisotopic (exact) mass is 385 g/mol. The van der Waals surface area contributed by atoms with Gasteiger partial charge in [-0.25, -0.2) is 4.79 Å². The van der Waals surface area contributed by atoms with Crippen LogP contribution in [0.25, 0.3) is 0 Å². The zero-order valence-electron chi connectivity index (χ0n) is 16.5. The fourth-order valence-corrected chi connectivity index (χ4v) is 3.87. The van der Waals surface area contributed by atoms with E-state index in [1.165, 1.54) is 0 Å². The molecule has 28 heavy (non-hydrogen) atoms. The molecule has 3 aliphatic rings. The second-order valence-electron chi connectivity index (χ2n) is 8.21. The summed E-state index contributed by atoms with van der Waals surface area (Å²) in [5.74, 6) is 0.406. The molecule has 0 radical (unpaired) electrons. The number of ether oxygens (including phenoxy) is 2. The number of aliphatic imine (C=N–C) groups is 1. The van der Waals surface area contributed by atoms with Gasteiger partial charge in [-0.1, -0.05) is 0 Å². The molecule has 150 valence electrons. The Balaban J connectivity index is 1.81. The summed E-state index contributed by atoms with van der Waals surface area (Å²) in [6, 6.07) is 1.11. The number of fused-ring (bicyclic) bond motifs is 2. The van der Waals surface area contributed by atoms with Crippen molar-refractivity contribution in [1.29, 1.82) is 0 Å². The zero-order valence-corrected chi connectivity index (χ0v) is 16.5. The predicted octanol–water partition coefficient (Wildman–Crippen LogP) is 1.32. The molecule has 4 heterocycles. The average Bonchev–Trinajstić information content (AvgIpc) is 2.84. The summed E-state index contributed by atoms with van der Waals surface area (Å²) in [6.07, 6.45) is 6.97. The Morgan fingerprint density at radius 1 is 1.39 bits per heavy atom. The van der Waals surface area contributed by atoms with Crippen LogP contribution < -0.4 is 15.4 Å². The third kappa shape index (κ3) is 3.74. The van der Waals surface area contributed by atoms with Crippen molar-refractivity contribution in [1.82, 2.24) is 20.5 Å². The Hall–Kier alpha value is -2.45. The minimum Gasteiger partial charge on any atom is -0.491 e. The molecule has 1 fully saturated rings. The molecular weight excluding hydrogens is 358 g/mol. The van der Waals surface area contributed by atoms with Gasteiger partial charge in [-0.2, -0.15) is 0 Å². The van der Waals surface area contributed by atoms with E-state index in [1.807, 2.05) is 26.8 Å². The molecule has 0 saturated carbocycles. The first-order valence-corrected chi connectivity index (χ1v) is 9.69. The highest BCUT2D eigenvalue weighted by atomic mass is 16.6. The minimum absolute atomic E-state index is 0.0828. The van der Waals surface area contributed by atoms with Crippen molar-refractivity contribution in [3.63, 3.8) is 0 Å². The smallest absolute Gasteiger partial charge is 0.328 e. The van der Waals surface area contributed by atoms with Crippen LogP contribution in [0.2, 0.25) is 0 Å². The van der Waals surface area contributed by atoms with Crippen molar-refractivity contribution in [3.8, 4) is 5.75 Å². The van der Waals surface area contributed by atoms with Gasteiger partial charge >= 0.3 is 5.97 Å². The molecule has 3 atom stereocenters. The molecule has 1 aromatic rings. The first kappa shape index (κ1) is 18.9. The molecule has 0 spiro atoms. The quantitative estimate of drug-likeness (QED) is 0.742. The molecule has 0 aromatic carbocycles. The van der Waals surface area contributed by atoms with Crippen molar-refractivity contribution in [3.05, 3.63) is 35.9 Å². The van der Waals surface area contributed by atoms with Gasteiger partial charge in [0.15, 0.2) is 0 Å². The lowest BCUT2D eigenvalue weighted by atomic mass is 9.96. The van der Waals surface area contributed by atoms with Crippen LogP contribution in [0.1, 0.15) is 44.1 Å². The van der Waals surface area contributed by atoms with Gasteiger partial charge in [0, 0.05) is 50.0 Å². The number of hydrogen-bond acceptors (Lipinski definition) is 8. The van der Waals surface area contributed by atoms with Gasteiger partial charge in [-0.05, 0) is 26.8 Å². The maximum atomic E-state index is 13.4. The zero-order chi connectivity index (χ0) is 19.7. The Morgan fingerprint density at radius 3 is 3.00 bits per heavy atom. The average molecular weight is 385 g/mol. The van der Waals surface area contributed by atoms with Gasteiger partial charge in [0.05, 0.1) is 11.7 Å². The molecule has 0 aliphatic carbocycles. The van der Waals surface area contributed by atoms with Gasteiger partial charge in [0.25, 0.3) is 0 Å². The highest BCUT2D eigenvalue weighted by molar-refractivity contribution is 5.81. The largest absolute Gasteiger partial charge is 0.491 e. The van der Waals surface area contributed by atoms with Crippen LogP contribution in [-0.4, -0.2) is 60.0 Å². The molecule has 3 aliphatic heterocycles. The molecule has 1 saturated heterocycles. The number of carbonyl (C=O) groups is 1. The summed E-state index contributed by atoms with van der Waals surface area (Å²) in [5, 5.41) is 6.65. The maximum absolute atomic E-state index is 13.4. The van der Waals surface area contributed by atoms with E-state index in [-0.39, 0.29) is 18.1 Å². The van der Waals surface area contributed by atoms with Gasteiger partial charge in [-0.3, -0.25) is 14.9 Å². The van der Waals surface area contributed by atoms with E-state index in [1.54, 1.807) is 24.8 Å². The van der Waals surface area contributed by atoms with Crippen molar-refractivity contribution in [2.45, 2.75) is 44.5 Å². The van der Waals surface area contributed by atoms with Gasteiger partial charge < -0.3 is 20.1 Å². The number of rotatable bonds is 2. The van der Waals surface area contributed by atoms with E-state index in [2.05, 4.69) is 25.5 Å².